The van der Waals surface area contributed by atoms with Crippen molar-refractivity contribution in [1.29, 1.82) is 0 Å². The van der Waals surface area contributed by atoms with Gasteiger partial charge in [-0.3, -0.25) is 9.59 Å². The van der Waals surface area contributed by atoms with E-state index in [9.17, 15) is 9.59 Å². The Morgan fingerprint density at radius 3 is 2.49 bits per heavy atom. The van der Waals surface area contributed by atoms with E-state index in [-0.39, 0.29) is 25.1 Å². The van der Waals surface area contributed by atoms with E-state index >= 15 is 0 Å². The topological polar surface area (TPSA) is 76.8 Å². The van der Waals surface area contributed by atoms with Crippen molar-refractivity contribution in [1.82, 2.24) is 14.6 Å². The van der Waals surface area contributed by atoms with Crippen molar-refractivity contribution in [3.63, 3.8) is 0 Å². The van der Waals surface area contributed by atoms with Gasteiger partial charge in [0, 0.05) is 6.42 Å². The number of imidazole rings is 1. The standard InChI is InChI=1S/C30H24N4O3/c35-29(19-37-30(36)18-33-20-31-25-12-6-7-13-27(25)33)34-28(22-9-2-1-3-10-22)17-26(32-34)24-15-14-21-8-4-5-11-23(21)16-24/h1-16,20,28H,17-19H2/t28-/m0/s1. The van der Waals surface area contributed by atoms with Crippen LogP contribution in [0.4, 0.5) is 0 Å². The summed E-state index contributed by atoms with van der Waals surface area (Å²) in [5, 5.41) is 8.43. The normalized spacial score (nSPS) is 15.2. The van der Waals surface area contributed by atoms with Crippen LogP contribution in [-0.2, 0) is 20.9 Å². The molecular formula is C30H24N4O3. The molecule has 5 aromatic rings. The Morgan fingerprint density at radius 2 is 1.62 bits per heavy atom. The number of fused-ring (bicyclic) bond motifs is 2. The van der Waals surface area contributed by atoms with E-state index in [1.54, 1.807) is 10.9 Å². The van der Waals surface area contributed by atoms with Crippen LogP contribution in [0.2, 0.25) is 0 Å². The van der Waals surface area contributed by atoms with Crippen LogP contribution in [-0.4, -0.2) is 38.8 Å². The fourth-order valence-electron chi connectivity index (χ4n) is 4.75. The maximum atomic E-state index is 13.3. The van der Waals surface area contributed by atoms with E-state index in [1.807, 2.05) is 72.8 Å². The zero-order valence-electron chi connectivity index (χ0n) is 20.0. The number of carbonyl (C=O) groups is 2. The van der Waals surface area contributed by atoms with Crippen molar-refractivity contribution in [3.05, 3.63) is 115 Å². The van der Waals surface area contributed by atoms with Crippen molar-refractivity contribution in [2.75, 3.05) is 6.61 Å². The van der Waals surface area contributed by atoms with Gasteiger partial charge in [0.25, 0.3) is 5.91 Å². The first-order valence-corrected chi connectivity index (χ1v) is 12.1. The molecule has 0 spiro atoms. The molecule has 0 bridgehead atoms. The molecule has 0 unspecified atom stereocenters. The molecule has 1 atom stereocenters. The molecule has 0 N–H and O–H groups in total. The number of para-hydroxylation sites is 2. The number of hydrazone groups is 1. The number of hydrogen-bond acceptors (Lipinski definition) is 5. The summed E-state index contributed by atoms with van der Waals surface area (Å²) in [6.07, 6.45) is 2.17. The Bertz CT molecular complexity index is 1640. The third-order valence-electron chi connectivity index (χ3n) is 6.62. The lowest BCUT2D eigenvalue weighted by molar-refractivity contribution is -0.153. The molecule has 0 radical (unpaired) electrons. The molecular weight excluding hydrogens is 464 g/mol. The lowest BCUT2D eigenvalue weighted by Gasteiger charge is -2.22. The van der Waals surface area contributed by atoms with Crippen LogP contribution in [0.15, 0.2) is 108 Å². The second kappa shape index (κ2) is 9.70. The highest BCUT2D eigenvalue weighted by atomic mass is 16.5. The summed E-state index contributed by atoms with van der Waals surface area (Å²) in [7, 11) is 0. The Labute approximate surface area is 213 Å². The average Bonchev–Trinajstić information content (AvgIpc) is 3.57. The van der Waals surface area contributed by atoms with Gasteiger partial charge in [-0.05, 0) is 40.1 Å². The van der Waals surface area contributed by atoms with Crippen LogP contribution in [0.5, 0.6) is 0 Å². The van der Waals surface area contributed by atoms with Gasteiger partial charge in [0.05, 0.1) is 29.1 Å². The maximum Gasteiger partial charge on any atom is 0.326 e. The Morgan fingerprint density at radius 1 is 0.865 bits per heavy atom. The average molecular weight is 489 g/mol. The third-order valence-corrected chi connectivity index (χ3v) is 6.62. The maximum absolute atomic E-state index is 13.3. The SMILES string of the molecule is O=C(Cn1cnc2ccccc21)OCC(=O)N1N=C(c2ccc3ccccc3c2)C[C@H]1c1ccccc1. The van der Waals surface area contributed by atoms with Crippen molar-refractivity contribution < 1.29 is 14.3 Å². The van der Waals surface area contributed by atoms with Crippen LogP contribution in [0.3, 0.4) is 0 Å². The number of nitrogens with zero attached hydrogens (tertiary/aromatic N) is 4. The number of rotatable bonds is 6. The van der Waals surface area contributed by atoms with Crippen molar-refractivity contribution >= 4 is 39.4 Å². The van der Waals surface area contributed by atoms with E-state index in [1.165, 1.54) is 5.01 Å². The molecule has 37 heavy (non-hydrogen) atoms. The minimum Gasteiger partial charge on any atom is -0.454 e. The number of aromatic nitrogens is 2. The summed E-state index contributed by atoms with van der Waals surface area (Å²) in [4.78, 5) is 30.1. The Balaban J connectivity index is 1.20. The highest BCUT2D eigenvalue weighted by Gasteiger charge is 2.33. The van der Waals surface area contributed by atoms with Gasteiger partial charge < -0.3 is 9.30 Å². The molecule has 7 heteroatoms. The number of esters is 1. The summed E-state index contributed by atoms with van der Waals surface area (Å²) in [6, 6.07) is 31.4. The summed E-state index contributed by atoms with van der Waals surface area (Å²) in [5.41, 5.74) is 4.40. The molecule has 2 heterocycles. The van der Waals surface area contributed by atoms with Gasteiger partial charge in [-0.1, -0.05) is 78.9 Å². The number of benzene rings is 4. The van der Waals surface area contributed by atoms with E-state index < -0.39 is 5.97 Å². The third kappa shape index (κ3) is 4.59. The summed E-state index contributed by atoms with van der Waals surface area (Å²) < 4.78 is 7.08. The smallest absolute Gasteiger partial charge is 0.326 e. The molecule has 1 aliphatic heterocycles. The zero-order valence-corrected chi connectivity index (χ0v) is 20.0. The van der Waals surface area contributed by atoms with Gasteiger partial charge in [0.1, 0.15) is 6.54 Å². The second-order valence-corrected chi connectivity index (χ2v) is 9.00. The van der Waals surface area contributed by atoms with E-state index in [0.717, 1.165) is 38.6 Å². The van der Waals surface area contributed by atoms with Crippen molar-refractivity contribution in [2.24, 2.45) is 5.10 Å². The fraction of sp³-hybridized carbons (Fsp3) is 0.133. The molecule has 0 saturated heterocycles. The molecule has 4 aromatic carbocycles. The molecule has 1 aliphatic rings. The fourth-order valence-corrected chi connectivity index (χ4v) is 4.75. The largest absolute Gasteiger partial charge is 0.454 e. The van der Waals surface area contributed by atoms with Gasteiger partial charge >= 0.3 is 5.97 Å². The first-order valence-electron chi connectivity index (χ1n) is 12.1. The van der Waals surface area contributed by atoms with Gasteiger partial charge in [-0.2, -0.15) is 5.10 Å². The van der Waals surface area contributed by atoms with Crippen molar-refractivity contribution in [3.8, 4) is 0 Å². The lowest BCUT2D eigenvalue weighted by atomic mass is 9.97. The molecule has 0 fully saturated rings. The summed E-state index contributed by atoms with van der Waals surface area (Å²) in [5.74, 6) is -0.876. The van der Waals surface area contributed by atoms with E-state index in [0.29, 0.717) is 6.42 Å². The van der Waals surface area contributed by atoms with Crippen LogP contribution in [0, 0.1) is 0 Å². The zero-order chi connectivity index (χ0) is 25.2. The molecule has 1 aromatic heterocycles. The molecule has 0 aliphatic carbocycles. The number of hydrogen-bond donors (Lipinski definition) is 0. The number of carbonyl (C=O) groups excluding carboxylic acids is 2. The van der Waals surface area contributed by atoms with Crippen molar-refractivity contribution in [2.45, 2.75) is 19.0 Å². The van der Waals surface area contributed by atoms with Crippen LogP contribution in [0.25, 0.3) is 21.8 Å². The van der Waals surface area contributed by atoms with Gasteiger partial charge in [0.15, 0.2) is 6.61 Å². The summed E-state index contributed by atoms with van der Waals surface area (Å²) >= 11 is 0. The molecule has 1 amide bonds. The Hall–Kier alpha value is -4.78. The minimum absolute atomic E-state index is 0.0263. The predicted molar refractivity (Wildman–Crippen MR) is 142 cm³/mol. The van der Waals surface area contributed by atoms with Crippen LogP contribution < -0.4 is 0 Å². The highest BCUT2D eigenvalue weighted by Crippen LogP contribution is 2.33. The molecule has 6 rings (SSSR count). The minimum atomic E-state index is -0.509. The lowest BCUT2D eigenvalue weighted by Crippen LogP contribution is -2.31. The highest BCUT2D eigenvalue weighted by molar-refractivity contribution is 6.05. The quantitative estimate of drug-likeness (QED) is 0.311. The first-order chi connectivity index (χ1) is 18.2. The van der Waals surface area contributed by atoms with Crippen LogP contribution in [0.1, 0.15) is 23.6 Å². The molecule has 7 nitrogen and oxygen atoms in total. The van der Waals surface area contributed by atoms with Crippen LogP contribution >= 0.6 is 0 Å². The molecule has 0 saturated carbocycles. The second-order valence-electron chi connectivity index (χ2n) is 9.00. The van der Waals surface area contributed by atoms with E-state index in [2.05, 4.69) is 29.2 Å². The first kappa shape index (κ1) is 22.7. The number of ether oxygens (including phenoxy) is 1. The Kier molecular flexibility index (Phi) is 5.94. The summed E-state index contributed by atoms with van der Waals surface area (Å²) in [6.45, 7) is -0.412. The monoisotopic (exact) mass is 488 g/mol. The number of amides is 1. The van der Waals surface area contributed by atoms with Gasteiger partial charge in [-0.25, -0.2) is 9.99 Å². The van der Waals surface area contributed by atoms with Gasteiger partial charge in [0.2, 0.25) is 0 Å². The molecule has 182 valence electrons. The van der Waals surface area contributed by atoms with Gasteiger partial charge in [-0.15, -0.1) is 0 Å². The van der Waals surface area contributed by atoms with E-state index in [4.69, 9.17) is 9.84 Å². The predicted octanol–water partition coefficient (Wildman–Crippen LogP) is 5.11.